The summed E-state index contributed by atoms with van der Waals surface area (Å²) >= 11 is 0. The van der Waals surface area contributed by atoms with Gasteiger partial charge in [-0.1, -0.05) is 6.92 Å². The van der Waals surface area contributed by atoms with Crippen molar-refractivity contribution in [3.8, 4) is 0 Å². The molecular formula is C15H25N5. The molecule has 20 heavy (non-hydrogen) atoms. The van der Waals surface area contributed by atoms with Crippen LogP contribution in [0.3, 0.4) is 0 Å². The maximum absolute atomic E-state index is 4.55. The van der Waals surface area contributed by atoms with E-state index in [1.165, 1.54) is 5.56 Å². The molecule has 2 aromatic heterocycles. The lowest BCUT2D eigenvalue weighted by atomic mass is 10.2. The number of hydrogen-bond donors (Lipinski definition) is 1. The second-order valence-corrected chi connectivity index (χ2v) is 5.61. The van der Waals surface area contributed by atoms with Gasteiger partial charge in [-0.25, -0.2) is 0 Å². The Kier molecular flexibility index (Phi) is 4.47. The fraction of sp³-hybridized carbons (Fsp3) is 0.600. The van der Waals surface area contributed by atoms with Crippen LogP contribution in [0.1, 0.15) is 57.5 Å². The van der Waals surface area contributed by atoms with Gasteiger partial charge in [-0.05, 0) is 34.1 Å². The summed E-state index contributed by atoms with van der Waals surface area (Å²) in [7, 11) is 0. The van der Waals surface area contributed by atoms with Gasteiger partial charge in [0.2, 0.25) is 0 Å². The number of aryl methyl sites for hydroxylation is 1. The highest BCUT2D eigenvalue weighted by Gasteiger charge is 2.08. The molecule has 0 saturated carbocycles. The molecule has 0 radical (unpaired) electrons. The Morgan fingerprint density at radius 2 is 1.95 bits per heavy atom. The molecule has 0 saturated heterocycles. The zero-order valence-corrected chi connectivity index (χ0v) is 13.1. The first-order valence-corrected chi connectivity index (χ1v) is 7.35. The van der Waals surface area contributed by atoms with Crippen molar-refractivity contribution in [1.82, 2.24) is 19.6 Å². The lowest BCUT2D eigenvalue weighted by Gasteiger charge is -2.08. The Morgan fingerprint density at radius 1 is 1.20 bits per heavy atom. The Labute approximate surface area is 121 Å². The lowest BCUT2D eigenvalue weighted by molar-refractivity contribution is 0.479. The average molecular weight is 275 g/mol. The van der Waals surface area contributed by atoms with Gasteiger partial charge in [-0.2, -0.15) is 10.2 Å². The second-order valence-electron chi connectivity index (χ2n) is 5.61. The number of aromatic nitrogens is 4. The lowest BCUT2D eigenvalue weighted by Crippen LogP contribution is -2.06. The van der Waals surface area contributed by atoms with Crippen LogP contribution >= 0.6 is 0 Å². The molecule has 1 N–H and O–H groups in total. The third-order valence-electron chi connectivity index (χ3n) is 3.66. The van der Waals surface area contributed by atoms with Crippen LogP contribution in [-0.4, -0.2) is 19.6 Å². The van der Waals surface area contributed by atoms with Gasteiger partial charge < -0.3 is 5.32 Å². The van der Waals surface area contributed by atoms with Gasteiger partial charge in [-0.3, -0.25) is 9.36 Å². The summed E-state index contributed by atoms with van der Waals surface area (Å²) in [5.74, 6) is 0.919. The van der Waals surface area contributed by atoms with Crippen molar-refractivity contribution >= 4 is 5.82 Å². The summed E-state index contributed by atoms with van der Waals surface area (Å²) in [6.07, 6.45) is 5.22. The molecule has 5 heteroatoms. The monoisotopic (exact) mass is 275 g/mol. The fourth-order valence-electron chi connectivity index (χ4n) is 2.01. The smallest absolute Gasteiger partial charge is 0.148 e. The molecule has 2 aromatic rings. The Morgan fingerprint density at radius 3 is 2.55 bits per heavy atom. The van der Waals surface area contributed by atoms with Crippen molar-refractivity contribution in [2.75, 3.05) is 5.32 Å². The maximum atomic E-state index is 4.55. The predicted molar refractivity (Wildman–Crippen MR) is 81.9 cm³/mol. The first-order valence-electron chi connectivity index (χ1n) is 7.35. The molecule has 0 aromatic carbocycles. The first kappa shape index (κ1) is 14.6. The molecule has 0 bridgehead atoms. The van der Waals surface area contributed by atoms with Crippen molar-refractivity contribution < 1.29 is 0 Å². The van der Waals surface area contributed by atoms with Gasteiger partial charge in [-0.15, -0.1) is 0 Å². The highest BCUT2D eigenvalue weighted by molar-refractivity contribution is 5.34. The summed E-state index contributed by atoms with van der Waals surface area (Å²) in [5.41, 5.74) is 2.30. The minimum atomic E-state index is 0.395. The maximum Gasteiger partial charge on any atom is 0.148 e. The van der Waals surface area contributed by atoms with E-state index in [0.717, 1.165) is 24.5 Å². The third-order valence-corrected chi connectivity index (χ3v) is 3.66. The molecule has 1 atom stereocenters. The fourth-order valence-corrected chi connectivity index (χ4v) is 2.01. The largest absolute Gasteiger partial charge is 0.364 e. The summed E-state index contributed by atoms with van der Waals surface area (Å²) in [5, 5.41) is 12.4. The van der Waals surface area contributed by atoms with Gasteiger partial charge in [0, 0.05) is 42.7 Å². The zero-order valence-electron chi connectivity index (χ0n) is 13.1. The van der Waals surface area contributed by atoms with Crippen LogP contribution in [0.4, 0.5) is 5.82 Å². The standard InChI is InChI=1S/C15H25N5/c1-6-12(4)19-8-7-15(18-19)16-9-14-10-20(11(2)3)17-13(14)5/h7-8,10-12H,6,9H2,1-5H3,(H,16,18)/t12-/m0/s1. The minimum absolute atomic E-state index is 0.395. The number of hydrogen-bond acceptors (Lipinski definition) is 3. The molecule has 0 aliphatic heterocycles. The summed E-state index contributed by atoms with van der Waals surface area (Å²) in [6, 6.07) is 2.86. The van der Waals surface area contributed by atoms with Crippen LogP contribution in [0.5, 0.6) is 0 Å². The van der Waals surface area contributed by atoms with Crippen molar-refractivity contribution in [1.29, 1.82) is 0 Å². The molecule has 2 rings (SSSR count). The Bertz CT molecular complexity index is 552. The molecule has 0 aliphatic carbocycles. The number of anilines is 1. The van der Waals surface area contributed by atoms with E-state index in [1.807, 2.05) is 28.6 Å². The quantitative estimate of drug-likeness (QED) is 0.877. The van der Waals surface area contributed by atoms with Crippen molar-refractivity contribution in [3.05, 3.63) is 29.7 Å². The van der Waals surface area contributed by atoms with Crippen molar-refractivity contribution in [2.24, 2.45) is 0 Å². The molecule has 0 spiro atoms. The summed E-state index contributed by atoms with van der Waals surface area (Å²) in [6.45, 7) is 11.4. The van der Waals surface area contributed by atoms with E-state index in [1.54, 1.807) is 0 Å². The first-order chi connectivity index (χ1) is 9.51. The molecule has 5 nitrogen and oxygen atoms in total. The van der Waals surface area contributed by atoms with E-state index >= 15 is 0 Å². The topological polar surface area (TPSA) is 47.7 Å². The summed E-state index contributed by atoms with van der Waals surface area (Å²) < 4.78 is 4.01. The van der Waals surface area contributed by atoms with Crippen LogP contribution in [0, 0.1) is 6.92 Å². The van der Waals surface area contributed by atoms with Crippen LogP contribution in [-0.2, 0) is 6.54 Å². The number of rotatable bonds is 6. The van der Waals surface area contributed by atoms with Crippen molar-refractivity contribution in [2.45, 2.75) is 59.7 Å². The van der Waals surface area contributed by atoms with E-state index in [9.17, 15) is 0 Å². The zero-order chi connectivity index (χ0) is 14.7. The molecule has 0 aliphatic rings. The van der Waals surface area contributed by atoms with Crippen LogP contribution in [0.25, 0.3) is 0 Å². The van der Waals surface area contributed by atoms with E-state index in [4.69, 9.17) is 0 Å². The third kappa shape index (κ3) is 3.21. The molecule has 0 unspecified atom stereocenters. The van der Waals surface area contributed by atoms with Gasteiger partial charge in [0.25, 0.3) is 0 Å². The average Bonchev–Trinajstić information content (AvgIpc) is 3.02. The Hall–Kier alpha value is -1.78. The van der Waals surface area contributed by atoms with E-state index in [2.05, 4.69) is 49.4 Å². The van der Waals surface area contributed by atoms with Gasteiger partial charge in [0.15, 0.2) is 0 Å². The van der Waals surface area contributed by atoms with E-state index in [-0.39, 0.29) is 0 Å². The second kappa shape index (κ2) is 6.11. The Balaban J connectivity index is 2.00. The molecule has 0 fully saturated rings. The number of nitrogens with one attached hydrogen (secondary N) is 1. The summed E-state index contributed by atoms with van der Waals surface area (Å²) in [4.78, 5) is 0. The molecular weight excluding hydrogens is 250 g/mol. The van der Waals surface area contributed by atoms with Crippen LogP contribution < -0.4 is 5.32 Å². The highest BCUT2D eigenvalue weighted by atomic mass is 15.3. The van der Waals surface area contributed by atoms with E-state index < -0.39 is 0 Å². The van der Waals surface area contributed by atoms with Gasteiger partial charge in [0.05, 0.1) is 5.69 Å². The van der Waals surface area contributed by atoms with Gasteiger partial charge in [0.1, 0.15) is 5.82 Å². The highest BCUT2D eigenvalue weighted by Crippen LogP contribution is 2.15. The van der Waals surface area contributed by atoms with Crippen molar-refractivity contribution in [3.63, 3.8) is 0 Å². The number of nitrogens with zero attached hydrogens (tertiary/aromatic N) is 4. The van der Waals surface area contributed by atoms with Gasteiger partial charge >= 0.3 is 0 Å². The molecule has 110 valence electrons. The van der Waals surface area contributed by atoms with Crippen LogP contribution in [0.2, 0.25) is 0 Å². The van der Waals surface area contributed by atoms with E-state index in [0.29, 0.717) is 12.1 Å². The normalized spacial score (nSPS) is 12.9. The SMILES string of the molecule is CC[C@H](C)n1ccc(NCc2cn(C(C)C)nc2C)n1. The minimum Gasteiger partial charge on any atom is -0.364 e. The molecule has 2 heterocycles. The van der Waals surface area contributed by atoms with Crippen LogP contribution in [0.15, 0.2) is 18.5 Å². The predicted octanol–water partition coefficient (Wildman–Crippen LogP) is 3.55. The molecule has 0 amide bonds.